The number of rotatable bonds is 2. The number of hydrogen-bond acceptors (Lipinski definition) is 3. The summed E-state index contributed by atoms with van der Waals surface area (Å²) < 4.78 is 52.6. The molecule has 1 aliphatic rings. The van der Waals surface area contributed by atoms with Crippen LogP contribution in [0, 0.1) is 17.6 Å². The van der Waals surface area contributed by atoms with Crippen LogP contribution in [0.2, 0.25) is 0 Å². The highest BCUT2D eigenvalue weighted by molar-refractivity contribution is 7.89. The van der Waals surface area contributed by atoms with Gasteiger partial charge < -0.3 is 5.73 Å². The molecule has 1 fully saturated rings. The van der Waals surface area contributed by atoms with Crippen LogP contribution in [0.4, 0.5) is 14.5 Å². The van der Waals surface area contributed by atoms with Crippen molar-refractivity contribution in [3.8, 4) is 0 Å². The molecular formula is C11H14F2N2O2S. The molecule has 2 N–H and O–H groups in total. The van der Waals surface area contributed by atoms with Crippen molar-refractivity contribution < 1.29 is 17.2 Å². The first-order valence-corrected chi connectivity index (χ1v) is 7.01. The van der Waals surface area contributed by atoms with Gasteiger partial charge in [0.05, 0.1) is 0 Å². The lowest BCUT2D eigenvalue weighted by molar-refractivity contribution is 0.447. The maximum atomic E-state index is 13.6. The van der Waals surface area contributed by atoms with Crippen molar-refractivity contribution >= 4 is 15.7 Å². The lowest BCUT2D eigenvalue weighted by Gasteiger charge is -2.17. The molecule has 0 aromatic heterocycles. The zero-order chi connectivity index (χ0) is 13.5. The molecular weight excluding hydrogens is 262 g/mol. The molecule has 0 saturated carbocycles. The standard InChI is InChI=1S/C11H14F2N2O2S/c1-7-2-3-15(6-7)18(16,17)11-9(12)4-8(14)5-10(11)13/h4-5,7H,2-3,6,14H2,1H3. The molecule has 1 saturated heterocycles. The average molecular weight is 276 g/mol. The van der Waals surface area contributed by atoms with Gasteiger partial charge in [0, 0.05) is 18.8 Å². The maximum Gasteiger partial charge on any atom is 0.248 e. The quantitative estimate of drug-likeness (QED) is 0.834. The van der Waals surface area contributed by atoms with Gasteiger partial charge in [0.25, 0.3) is 0 Å². The van der Waals surface area contributed by atoms with Crippen LogP contribution < -0.4 is 5.73 Å². The summed E-state index contributed by atoms with van der Waals surface area (Å²) in [5, 5.41) is 0. The SMILES string of the molecule is CC1CCN(S(=O)(=O)c2c(F)cc(N)cc2F)C1. The first kappa shape index (κ1) is 13.2. The fraction of sp³-hybridized carbons (Fsp3) is 0.455. The van der Waals surface area contributed by atoms with E-state index >= 15 is 0 Å². The average Bonchev–Trinajstić information content (AvgIpc) is 2.63. The predicted octanol–water partition coefficient (Wildman–Crippen LogP) is 1.58. The third kappa shape index (κ3) is 2.20. The van der Waals surface area contributed by atoms with Crippen LogP contribution in [0.1, 0.15) is 13.3 Å². The molecule has 0 aliphatic carbocycles. The van der Waals surface area contributed by atoms with E-state index in [0.717, 1.165) is 16.4 Å². The van der Waals surface area contributed by atoms with Crippen LogP contribution in [0.5, 0.6) is 0 Å². The van der Waals surface area contributed by atoms with E-state index in [1.165, 1.54) is 0 Å². The zero-order valence-corrected chi connectivity index (χ0v) is 10.7. The van der Waals surface area contributed by atoms with E-state index in [0.29, 0.717) is 6.42 Å². The van der Waals surface area contributed by atoms with Gasteiger partial charge in [-0.3, -0.25) is 0 Å². The molecule has 1 atom stereocenters. The summed E-state index contributed by atoms with van der Waals surface area (Å²) in [6.07, 6.45) is 0.692. The Morgan fingerprint density at radius 1 is 1.33 bits per heavy atom. The van der Waals surface area contributed by atoms with E-state index in [1.54, 1.807) is 0 Å². The summed E-state index contributed by atoms with van der Waals surface area (Å²) in [6.45, 7) is 2.46. The van der Waals surface area contributed by atoms with Crippen molar-refractivity contribution in [2.24, 2.45) is 5.92 Å². The summed E-state index contributed by atoms with van der Waals surface area (Å²) >= 11 is 0. The number of hydrogen-bond donors (Lipinski definition) is 1. The number of nitrogens with two attached hydrogens (primary N) is 1. The van der Waals surface area contributed by atoms with Gasteiger partial charge in [0.15, 0.2) is 4.90 Å². The molecule has 0 radical (unpaired) electrons. The summed E-state index contributed by atoms with van der Waals surface area (Å²) in [4.78, 5) is -0.911. The molecule has 1 aromatic carbocycles. The van der Waals surface area contributed by atoms with Crippen LogP contribution in [0.3, 0.4) is 0 Å². The Hall–Kier alpha value is -1.21. The van der Waals surface area contributed by atoms with Crippen molar-refractivity contribution in [1.29, 1.82) is 0 Å². The van der Waals surface area contributed by atoms with Crippen molar-refractivity contribution in [2.45, 2.75) is 18.2 Å². The minimum absolute atomic E-state index is 0.140. The van der Waals surface area contributed by atoms with E-state index in [2.05, 4.69) is 0 Å². The van der Waals surface area contributed by atoms with E-state index in [1.807, 2.05) is 6.92 Å². The first-order valence-electron chi connectivity index (χ1n) is 5.57. The van der Waals surface area contributed by atoms with E-state index in [4.69, 9.17) is 5.73 Å². The van der Waals surface area contributed by atoms with E-state index in [-0.39, 0.29) is 24.7 Å². The second-order valence-corrected chi connectivity index (χ2v) is 6.45. The Bertz CT molecular complexity index is 551. The van der Waals surface area contributed by atoms with Gasteiger partial charge >= 0.3 is 0 Å². The number of benzene rings is 1. The molecule has 7 heteroatoms. The molecule has 1 aliphatic heterocycles. The third-order valence-electron chi connectivity index (χ3n) is 3.01. The topological polar surface area (TPSA) is 63.4 Å². The predicted molar refractivity (Wildman–Crippen MR) is 63.3 cm³/mol. The van der Waals surface area contributed by atoms with Crippen LogP contribution in [0.15, 0.2) is 17.0 Å². The molecule has 1 heterocycles. The Morgan fingerprint density at radius 2 is 1.89 bits per heavy atom. The summed E-state index contributed by atoms with van der Waals surface area (Å²) in [7, 11) is -4.12. The van der Waals surface area contributed by atoms with E-state index in [9.17, 15) is 17.2 Å². The highest BCUT2D eigenvalue weighted by atomic mass is 32.2. The maximum absolute atomic E-state index is 13.6. The molecule has 0 spiro atoms. The monoisotopic (exact) mass is 276 g/mol. The second kappa shape index (κ2) is 4.47. The molecule has 0 amide bonds. The van der Waals surface area contributed by atoms with Crippen LogP contribution >= 0.6 is 0 Å². The Labute approximate surface area is 104 Å². The number of halogens is 2. The van der Waals surface area contributed by atoms with Crippen molar-refractivity contribution in [3.63, 3.8) is 0 Å². The molecule has 100 valence electrons. The minimum Gasteiger partial charge on any atom is -0.399 e. The summed E-state index contributed by atoms with van der Waals surface area (Å²) in [5.74, 6) is -2.10. The Kier molecular flexibility index (Phi) is 3.29. The van der Waals surface area contributed by atoms with E-state index < -0.39 is 26.6 Å². The molecule has 0 bridgehead atoms. The lowest BCUT2D eigenvalue weighted by atomic mass is 10.2. The van der Waals surface area contributed by atoms with Crippen molar-refractivity contribution in [2.75, 3.05) is 18.8 Å². The first-order chi connectivity index (χ1) is 8.32. The zero-order valence-electron chi connectivity index (χ0n) is 9.86. The summed E-state index contributed by atoms with van der Waals surface area (Å²) in [6, 6.07) is 1.63. The highest BCUT2D eigenvalue weighted by Gasteiger charge is 2.34. The van der Waals surface area contributed by atoms with Crippen LogP contribution in [0.25, 0.3) is 0 Å². The largest absolute Gasteiger partial charge is 0.399 e. The van der Waals surface area contributed by atoms with Crippen molar-refractivity contribution in [1.82, 2.24) is 4.31 Å². The fourth-order valence-electron chi connectivity index (χ4n) is 2.07. The summed E-state index contributed by atoms with van der Waals surface area (Å²) in [5.41, 5.74) is 5.12. The van der Waals surface area contributed by atoms with Crippen LogP contribution in [-0.4, -0.2) is 25.8 Å². The number of anilines is 1. The van der Waals surface area contributed by atoms with Gasteiger partial charge in [0.2, 0.25) is 10.0 Å². The van der Waals surface area contributed by atoms with Gasteiger partial charge in [-0.15, -0.1) is 0 Å². The van der Waals surface area contributed by atoms with Crippen LogP contribution in [-0.2, 0) is 10.0 Å². The molecule has 1 unspecified atom stereocenters. The van der Waals surface area contributed by atoms with Crippen molar-refractivity contribution in [3.05, 3.63) is 23.8 Å². The Morgan fingerprint density at radius 3 is 2.33 bits per heavy atom. The molecule has 4 nitrogen and oxygen atoms in total. The van der Waals surface area contributed by atoms with Gasteiger partial charge in [0.1, 0.15) is 11.6 Å². The van der Waals surface area contributed by atoms with Gasteiger partial charge in [-0.1, -0.05) is 6.92 Å². The minimum atomic E-state index is -4.12. The lowest BCUT2D eigenvalue weighted by Crippen LogP contribution is -2.30. The van der Waals surface area contributed by atoms with Gasteiger partial charge in [-0.25, -0.2) is 17.2 Å². The third-order valence-corrected chi connectivity index (χ3v) is 4.92. The normalized spacial score (nSPS) is 21.4. The van der Waals surface area contributed by atoms with Gasteiger partial charge in [-0.2, -0.15) is 4.31 Å². The Balaban J connectivity index is 2.48. The fourth-order valence-corrected chi connectivity index (χ4v) is 3.73. The smallest absolute Gasteiger partial charge is 0.248 e. The second-order valence-electron chi connectivity index (χ2n) is 4.57. The number of nitrogen functional groups attached to an aromatic ring is 1. The number of nitrogens with zero attached hydrogens (tertiary/aromatic N) is 1. The number of sulfonamides is 1. The molecule has 1 aromatic rings. The highest BCUT2D eigenvalue weighted by Crippen LogP contribution is 2.28. The van der Waals surface area contributed by atoms with Gasteiger partial charge in [-0.05, 0) is 24.5 Å². The molecule has 2 rings (SSSR count). The molecule has 18 heavy (non-hydrogen) atoms.